The molecule has 260 valence electrons. The lowest BCUT2D eigenvalue weighted by Gasteiger charge is -2.13. The Morgan fingerprint density at radius 2 is 1.09 bits per heavy atom. The summed E-state index contributed by atoms with van der Waals surface area (Å²) in [6.45, 7) is 0. The van der Waals surface area contributed by atoms with Crippen LogP contribution in [0.3, 0.4) is 0 Å². The highest BCUT2D eigenvalue weighted by Crippen LogP contribution is 2.34. The van der Waals surface area contributed by atoms with Crippen molar-refractivity contribution in [3.05, 3.63) is 174 Å². The average Bonchev–Trinajstić information content (AvgIpc) is 3.66. The molecule has 0 amide bonds. The number of aryl methyl sites for hydroxylation is 1. The summed E-state index contributed by atoms with van der Waals surface area (Å²) in [5.74, 6) is 0.711. The van der Waals surface area contributed by atoms with Crippen molar-refractivity contribution in [1.82, 2.24) is 19.4 Å². The number of hydrogen-bond donors (Lipinski definition) is 0. The molecule has 0 unspecified atom stereocenters. The molecule has 0 atom stereocenters. The first-order chi connectivity index (χ1) is 27.2. The van der Waals surface area contributed by atoms with Gasteiger partial charge >= 0.3 is 0 Å². The van der Waals surface area contributed by atoms with E-state index in [9.17, 15) is 0 Å². The van der Waals surface area contributed by atoms with Crippen LogP contribution < -0.4 is 10.7 Å². The van der Waals surface area contributed by atoms with Gasteiger partial charge in [-0.3, -0.25) is 0 Å². The van der Waals surface area contributed by atoms with Crippen LogP contribution in [0.15, 0.2) is 152 Å². The zero-order valence-corrected chi connectivity index (χ0v) is 30.3. The summed E-state index contributed by atoms with van der Waals surface area (Å²) in [6, 6.07) is 52.1. The first-order valence-corrected chi connectivity index (χ1v) is 19.2. The van der Waals surface area contributed by atoms with Crippen molar-refractivity contribution in [2.24, 2.45) is 0 Å². The van der Waals surface area contributed by atoms with E-state index in [-0.39, 0.29) is 0 Å². The van der Waals surface area contributed by atoms with Gasteiger partial charge in [0.25, 0.3) is 0 Å². The number of rotatable bonds is 5. The summed E-state index contributed by atoms with van der Waals surface area (Å²) >= 11 is 0. The maximum Gasteiger partial charge on any atom is 0.160 e. The van der Waals surface area contributed by atoms with Crippen LogP contribution in [0, 0.1) is 0 Å². The molecular formula is C51H36N4. The third kappa shape index (κ3) is 5.57. The number of allylic oxidation sites excluding steroid dienone is 1. The van der Waals surface area contributed by atoms with E-state index in [1.54, 1.807) is 0 Å². The average molecular weight is 705 g/mol. The summed E-state index contributed by atoms with van der Waals surface area (Å²) in [4.78, 5) is 15.7. The third-order valence-electron chi connectivity index (χ3n) is 11.2. The summed E-state index contributed by atoms with van der Waals surface area (Å²) in [7, 11) is 0. The topological polar surface area (TPSA) is 43.1 Å². The van der Waals surface area contributed by atoms with Gasteiger partial charge in [-0.1, -0.05) is 133 Å². The Morgan fingerprint density at radius 3 is 1.87 bits per heavy atom. The van der Waals surface area contributed by atoms with Gasteiger partial charge in [0.15, 0.2) is 5.82 Å². The molecule has 4 nitrogen and oxygen atoms in total. The van der Waals surface area contributed by atoms with Gasteiger partial charge in [-0.15, -0.1) is 0 Å². The lowest BCUT2D eigenvalue weighted by atomic mass is 9.98. The van der Waals surface area contributed by atoms with Gasteiger partial charge in [0.1, 0.15) is 0 Å². The minimum Gasteiger partial charge on any atom is -0.306 e. The second-order valence-corrected chi connectivity index (χ2v) is 14.7. The van der Waals surface area contributed by atoms with Crippen LogP contribution in [0.4, 0.5) is 0 Å². The Hall–Kier alpha value is -6.91. The van der Waals surface area contributed by atoms with Gasteiger partial charge in [0.2, 0.25) is 0 Å². The maximum absolute atomic E-state index is 5.27. The smallest absolute Gasteiger partial charge is 0.160 e. The van der Waals surface area contributed by atoms with Crippen LogP contribution in [0.5, 0.6) is 0 Å². The second kappa shape index (κ2) is 12.9. The summed E-state index contributed by atoms with van der Waals surface area (Å²) < 4.78 is 2.44. The van der Waals surface area contributed by atoms with Crippen LogP contribution in [-0.2, 0) is 6.42 Å². The molecule has 0 saturated heterocycles. The van der Waals surface area contributed by atoms with E-state index in [0.717, 1.165) is 81.5 Å². The molecule has 0 spiro atoms. The van der Waals surface area contributed by atoms with Gasteiger partial charge in [-0.25, -0.2) is 15.0 Å². The van der Waals surface area contributed by atoms with Crippen LogP contribution >= 0.6 is 0 Å². The molecule has 55 heavy (non-hydrogen) atoms. The molecule has 3 aromatic heterocycles. The van der Waals surface area contributed by atoms with Crippen molar-refractivity contribution in [3.63, 3.8) is 0 Å². The minimum absolute atomic E-state index is 0.711. The number of benzene rings is 6. The van der Waals surface area contributed by atoms with Crippen molar-refractivity contribution in [2.45, 2.75) is 25.7 Å². The lowest BCUT2D eigenvalue weighted by Crippen LogP contribution is -2.37. The number of aromatic nitrogens is 4. The normalized spacial score (nSPS) is 13.4. The highest BCUT2D eigenvalue weighted by molar-refractivity contribution is 5.89. The van der Waals surface area contributed by atoms with Gasteiger partial charge in [-0.05, 0) is 100 Å². The minimum atomic E-state index is 0.711. The molecule has 2 aliphatic carbocycles. The highest BCUT2D eigenvalue weighted by Gasteiger charge is 2.18. The molecule has 0 bridgehead atoms. The Labute approximate surface area is 319 Å². The van der Waals surface area contributed by atoms with E-state index in [0.29, 0.717) is 5.82 Å². The molecule has 3 heterocycles. The molecule has 0 saturated carbocycles. The van der Waals surface area contributed by atoms with Gasteiger partial charge < -0.3 is 4.40 Å². The summed E-state index contributed by atoms with van der Waals surface area (Å²) in [6.07, 6.45) is 13.5. The first-order valence-electron chi connectivity index (χ1n) is 19.2. The monoisotopic (exact) mass is 704 g/mol. The molecule has 2 aliphatic rings. The second-order valence-electron chi connectivity index (χ2n) is 14.7. The van der Waals surface area contributed by atoms with E-state index in [1.807, 2.05) is 0 Å². The molecular weight excluding hydrogens is 669 g/mol. The predicted octanol–water partition coefficient (Wildman–Crippen LogP) is 11.1. The van der Waals surface area contributed by atoms with Crippen LogP contribution in [0.2, 0.25) is 0 Å². The quantitative estimate of drug-likeness (QED) is 0.179. The van der Waals surface area contributed by atoms with Crippen LogP contribution in [0.1, 0.15) is 30.5 Å². The number of nitrogens with zero attached hydrogens (tertiary/aromatic N) is 4. The van der Waals surface area contributed by atoms with Crippen molar-refractivity contribution in [1.29, 1.82) is 0 Å². The summed E-state index contributed by atoms with van der Waals surface area (Å²) in [5, 5.41) is 7.08. The number of fused-ring (bicyclic) bond motifs is 7. The molecule has 0 N–H and O–H groups in total. The van der Waals surface area contributed by atoms with Crippen LogP contribution in [0.25, 0.3) is 102 Å². The fraction of sp³-hybridized carbons (Fsp3) is 0.0784. The predicted molar refractivity (Wildman–Crippen MR) is 228 cm³/mol. The summed E-state index contributed by atoms with van der Waals surface area (Å²) in [5.41, 5.74) is 13.2. The molecule has 6 aromatic carbocycles. The molecule has 11 rings (SSSR count). The van der Waals surface area contributed by atoms with Crippen molar-refractivity contribution in [3.8, 4) is 56.3 Å². The van der Waals surface area contributed by atoms with E-state index in [4.69, 9.17) is 15.0 Å². The third-order valence-corrected chi connectivity index (χ3v) is 11.2. The van der Waals surface area contributed by atoms with E-state index < -0.39 is 0 Å². The zero-order chi connectivity index (χ0) is 36.3. The zero-order valence-electron chi connectivity index (χ0n) is 30.3. The van der Waals surface area contributed by atoms with E-state index >= 15 is 0 Å². The van der Waals surface area contributed by atoms with Gasteiger partial charge in [-0.2, -0.15) is 0 Å². The Kier molecular flexibility index (Phi) is 7.41. The van der Waals surface area contributed by atoms with Crippen molar-refractivity contribution < 1.29 is 0 Å². The van der Waals surface area contributed by atoms with Gasteiger partial charge in [0, 0.05) is 27.9 Å². The Balaban J connectivity index is 1.00. The molecule has 0 aliphatic heterocycles. The SMILES string of the molecule is C1=Cc2c(cc3c(-c4ccc(-c5cccc(-c6cc(-c7ccc8ccccc8c7)nc(-c7ccc8ccccc8c7)n6)c5)cc4)nc4c(n23)=CCCC=4)CC1. The fourth-order valence-corrected chi connectivity index (χ4v) is 8.40. The standard InChI is InChI=1S/C51H36N4/c1-3-12-37-29-41(26-22-33(37)10-1)46-32-45(53-51(54-46)43-27-23-34-11-2-4-13-38(34)30-43)40-16-9-15-39(28-40)35-20-24-36(25-21-35)50-49-31-42-14-5-7-18-47(42)55(49)48-19-8-6-17-44(48)52-50/h1-4,7,9-13,15-32H,5-6,8,14H2. The Bertz CT molecular complexity index is 3050. The van der Waals surface area contributed by atoms with E-state index in [1.165, 1.54) is 43.7 Å². The highest BCUT2D eigenvalue weighted by atomic mass is 15.0. The van der Waals surface area contributed by atoms with Crippen molar-refractivity contribution >= 4 is 45.3 Å². The largest absolute Gasteiger partial charge is 0.306 e. The van der Waals surface area contributed by atoms with Crippen LogP contribution in [-0.4, -0.2) is 19.4 Å². The van der Waals surface area contributed by atoms with Crippen molar-refractivity contribution in [2.75, 3.05) is 0 Å². The Morgan fingerprint density at radius 1 is 0.455 bits per heavy atom. The molecule has 9 aromatic rings. The first kappa shape index (κ1) is 31.6. The molecule has 4 heteroatoms. The lowest BCUT2D eigenvalue weighted by molar-refractivity contribution is 0.944. The maximum atomic E-state index is 5.27. The van der Waals surface area contributed by atoms with E-state index in [2.05, 4.69) is 174 Å². The van der Waals surface area contributed by atoms with Gasteiger partial charge in [0.05, 0.1) is 33.3 Å². The molecule has 0 fully saturated rings. The molecule has 0 radical (unpaired) electrons. The number of hydrogen-bond acceptors (Lipinski definition) is 3. The fourth-order valence-electron chi connectivity index (χ4n) is 8.40.